The van der Waals surface area contributed by atoms with Gasteiger partial charge in [0.2, 0.25) is 0 Å². The van der Waals surface area contributed by atoms with Crippen LogP contribution < -0.4 is 32.7 Å². The maximum absolute atomic E-state index is 12.6. The summed E-state index contributed by atoms with van der Waals surface area (Å²) >= 11 is -1.50. The molecule has 0 saturated heterocycles. The van der Waals surface area contributed by atoms with Crippen LogP contribution in [0.15, 0.2) is 0 Å². The number of amides is 4. The van der Waals surface area contributed by atoms with Crippen molar-refractivity contribution in [1.82, 2.24) is 21.3 Å². The molecule has 18 nitrogen and oxygen atoms in total. The number of carbonyl (C=O) groups is 8. The Kier molecular flexibility index (Phi) is 18.1. The summed E-state index contributed by atoms with van der Waals surface area (Å²) in [6, 6.07) is -2.54. The number of nitrogens with one attached hydrogen (secondary N) is 4. The van der Waals surface area contributed by atoms with Crippen LogP contribution in [0.2, 0.25) is 9.63 Å². The van der Waals surface area contributed by atoms with Crippen LogP contribution in [0.4, 0.5) is 0 Å². The molecular formula is C20H32N6O12Se2. The minimum absolute atomic E-state index is 0.172. The molecule has 0 aliphatic heterocycles. The van der Waals surface area contributed by atoms with Crippen molar-refractivity contribution in [3.63, 3.8) is 0 Å². The van der Waals surface area contributed by atoms with E-state index < -0.39 is 109 Å². The molecule has 20 heteroatoms. The molecule has 0 aromatic carbocycles. The van der Waals surface area contributed by atoms with Crippen LogP contribution in [0.3, 0.4) is 0 Å². The molecule has 0 rings (SSSR count). The Hall–Kier alpha value is -3.28. The van der Waals surface area contributed by atoms with Gasteiger partial charge in [0, 0.05) is 0 Å². The van der Waals surface area contributed by atoms with Gasteiger partial charge in [-0.3, -0.25) is 0 Å². The van der Waals surface area contributed by atoms with Crippen molar-refractivity contribution in [2.24, 2.45) is 11.5 Å². The van der Waals surface area contributed by atoms with Crippen molar-refractivity contribution < 1.29 is 58.8 Å². The summed E-state index contributed by atoms with van der Waals surface area (Å²) in [5, 5.41) is 44.5. The van der Waals surface area contributed by atoms with E-state index in [-0.39, 0.29) is 38.8 Å². The zero-order valence-corrected chi connectivity index (χ0v) is 24.4. The van der Waals surface area contributed by atoms with E-state index in [0.717, 1.165) is 0 Å². The van der Waals surface area contributed by atoms with Crippen LogP contribution in [0.1, 0.15) is 25.7 Å². The number of carbonyl (C=O) groups excluding carboxylic acids is 4. The molecule has 0 bridgehead atoms. The molecule has 0 saturated carbocycles. The number of carboxylic acids is 4. The molecule has 4 atom stereocenters. The van der Waals surface area contributed by atoms with Crippen LogP contribution in [-0.4, -0.2) is 132 Å². The molecule has 0 fully saturated rings. The number of hydrogen-bond acceptors (Lipinski definition) is 10. The Morgan fingerprint density at radius 1 is 0.575 bits per heavy atom. The van der Waals surface area contributed by atoms with Gasteiger partial charge >= 0.3 is 239 Å². The third-order valence-electron chi connectivity index (χ3n) is 4.67. The maximum atomic E-state index is 12.6. The summed E-state index contributed by atoms with van der Waals surface area (Å²) in [4.78, 5) is 90.7. The monoisotopic (exact) mass is 708 g/mol. The molecule has 0 radical (unpaired) electrons. The van der Waals surface area contributed by atoms with Gasteiger partial charge in [0.1, 0.15) is 0 Å². The van der Waals surface area contributed by atoms with E-state index in [2.05, 4.69) is 21.3 Å². The predicted molar refractivity (Wildman–Crippen MR) is 136 cm³/mol. The van der Waals surface area contributed by atoms with Crippen molar-refractivity contribution in [2.75, 3.05) is 26.2 Å². The second-order valence-electron chi connectivity index (χ2n) is 7.97. The van der Waals surface area contributed by atoms with E-state index in [1.54, 1.807) is 0 Å². The van der Waals surface area contributed by atoms with Crippen molar-refractivity contribution in [3.8, 4) is 0 Å². The number of nitrogens with two attached hydrogens (primary N) is 2. The van der Waals surface area contributed by atoms with E-state index in [9.17, 15) is 38.4 Å². The molecule has 4 unspecified atom stereocenters. The van der Waals surface area contributed by atoms with Gasteiger partial charge < -0.3 is 0 Å². The number of rotatable bonds is 21. The van der Waals surface area contributed by atoms with Crippen LogP contribution in [0, 0.1) is 0 Å². The van der Waals surface area contributed by atoms with E-state index in [1.807, 2.05) is 0 Å². The first-order valence-electron chi connectivity index (χ1n) is 11.4. The Balaban J connectivity index is 5.35. The topological polar surface area (TPSA) is 318 Å². The second-order valence-corrected chi connectivity index (χ2v) is 15.4. The number of aliphatic carboxylic acids is 4. The van der Waals surface area contributed by atoms with Gasteiger partial charge in [0.25, 0.3) is 0 Å². The molecule has 0 aliphatic rings. The summed E-state index contributed by atoms with van der Waals surface area (Å²) in [6.45, 7) is -1.96. The summed E-state index contributed by atoms with van der Waals surface area (Å²) in [6.07, 6.45) is -0.857. The Bertz CT molecular complexity index is 879. The summed E-state index contributed by atoms with van der Waals surface area (Å²) in [5.41, 5.74) is 10.7. The molecule has 0 aromatic heterocycles. The first-order valence-corrected chi connectivity index (χ1v) is 17.8. The van der Waals surface area contributed by atoms with Crippen LogP contribution in [0.25, 0.3) is 0 Å². The second kappa shape index (κ2) is 19.7. The number of carboxylic acid groups (broad SMARTS) is 4. The van der Waals surface area contributed by atoms with E-state index in [1.165, 1.54) is 0 Å². The fourth-order valence-electron chi connectivity index (χ4n) is 2.44. The van der Waals surface area contributed by atoms with Crippen molar-refractivity contribution in [3.05, 3.63) is 0 Å². The zero-order chi connectivity index (χ0) is 30.8. The van der Waals surface area contributed by atoms with Gasteiger partial charge in [-0.2, -0.15) is 0 Å². The molecule has 0 aromatic rings. The molecule has 0 spiro atoms. The van der Waals surface area contributed by atoms with Gasteiger partial charge in [-0.25, -0.2) is 0 Å². The molecule has 226 valence electrons. The molecule has 0 aliphatic carbocycles. The molecule has 0 heterocycles. The quantitative estimate of drug-likeness (QED) is 0.0500. The summed E-state index contributed by atoms with van der Waals surface area (Å²) < 4.78 is 0. The van der Waals surface area contributed by atoms with Gasteiger partial charge in [-0.05, 0) is 0 Å². The normalized spacial score (nSPS) is 13.6. The zero-order valence-electron chi connectivity index (χ0n) is 21.0. The van der Waals surface area contributed by atoms with Crippen LogP contribution >= 0.6 is 0 Å². The Morgan fingerprint density at radius 3 is 1.18 bits per heavy atom. The standard InChI is InChI=1S/C20H32N6O12Se2/c21-9(19(35)36)1-3-13(27)23-5-11(17(33)25-7-15(29)30)39-40-12(18(34)26-8-16(31)32)6-24-14(28)4-2-10(22)20(37)38/h9-12H,1-8,21-22H2,(H,23,27)(H,24,28)(H,25,33)(H,26,34)(H,29,30)(H,31,32)(H,35,36)(H,37,38). The third-order valence-corrected chi connectivity index (χ3v) is 13.8. The van der Waals surface area contributed by atoms with Crippen molar-refractivity contribution in [2.45, 2.75) is 47.4 Å². The molecule has 4 amide bonds. The summed E-state index contributed by atoms with van der Waals surface area (Å²) in [7, 11) is 0. The fraction of sp³-hybridized carbons (Fsp3) is 0.600. The average Bonchev–Trinajstić information content (AvgIpc) is 2.88. The number of hydrogen-bond donors (Lipinski definition) is 10. The molecule has 40 heavy (non-hydrogen) atoms. The van der Waals surface area contributed by atoms with E-state index >= 15 is 0 Å². The van der Waals surface area contributed by atoms with E-state index in [0.29, 0.717) is 0 Å². The summed E-state index contributed by atoms with van der Waals surface area (Å²) in [5.74, 6) is -7.94. The molecule has 12 N–H and O–H groups in total. The Labute approximate surface area is 238 Å². The minimum atomic E-state index is -1.33. The third kappa shape index (κ3) is 17.3. The van der Waals surface area contributed by atoms with Gasteiger partial charge in [-0.15, -0.1) is 0 Å². The van der Waals surface area contributed by atoms with Crippen molar-refractivity contribution in [1.29, 1.82) is 0 Å². The average molecular weight is 706 g/mol. The Morgan fingerprint density at radius 2 is 0.900 bits per heavy atom. The first-order chi connectivity index (χ1) is 18.6. The van der Waals surface area contributed by atoms with E-state index in [4.69, 9.17) is 31.9 Å². The molecular weight excluding hydrogens is 674 g/mol. The van der Waals surface area contributed by atoms with Gasteiger partial charge in [0.05, 0.1) is 0 Å². The van der Waals surface area contributed by atoms with Gasteiger partial charge in [0.15, 0.2) is 0 Å². The van der Waals surface area contributed by atoms with Crippen LogP contribution in [-0.2, 0) is 38.4 Å². The predicted octanol–water partition coefficient (Wildman–Crippen LogP) is -5.10. The van der Waals surface area contributed by atoms with Gasteiger partial charge in [-0.1, -0.05) is 0 Å². The fourth-order valence-corrected chi connectivity index (χ4v) is 10.7. The SMILES string of the molecule is NC(CCC(=O)NCC([Se][Se]C(CNC(=O)CCC(N)C(=O)O)C(=O)NCC(=O)O)C(=O)NCC(=O)O)C(=O)O. The first kappa shape index (κ1) is 36.7. The van der Waals surface area contributed by atoms with Crippen LogP contribution in [0.5, 0.6) is 0 Å². The van der Waals surface area contributed by atoms with Crippen molar-refractivity contribution >= 4 is 73.8 Å².